The molecule has 1 atom stereocenters. The minimum absolute atomic E-state index is 0.157. The number of carbonyl (C=O) groups is 3. The number of amides is 3. The molecule has 2 aromatic rings. The van der Waals surface area contributed by atoms with E-state index in [9.17, 15) is 27.6 Å². The van der Waals surface area contributed by atoms with Crippen LogP contribution in [0.3, 0.4) is 0 Å². The van der Waals surface area contributed by atoms with Crippen molar-refractivity contribution >= 4 is 17.9 Å². The highest BCUT2D eigenvalue weighted by molar-refractivity contribution is 5.94. The molecule has 1 N–H and O–H groups in total. The Kier molecular flexibility index (Phi) is 8.99. The summed E-state index contributed by atoms with van der Waals surface area (Å²) in [6.07, 6.45) is -2.55. The van der Waals surface area contributed by atoms with Gasteiger partial charge in [0.2, 0.25) is 5.91 Å². The van der Waals surface area contributed by atoms with Crippen LogP contribution in [0.25, 0.3) is 0 Å². The molecule has 3 amide bonds. The van der Waals surface area contributed by atoms with Gasteiger partial charge in [0.25, 0.3) is 5.91 Å². The van der Waals surface area contributed by atoms with E-state index in [-0.39, 0.29) is 56.4 Å². The Morgan fingerprint density at radius 2 is 1.55 bits per heavy atom. The number of carbonyl (C=O) groups excluding carboxylic acids is 3. The zero-order chi connectivity index (χ0) is 28.0. The van der Waals surface area contributed by atoms with Crippen molar-refractivity contribution in [2.75, 3.05) is 26.2 Å². The van der Waals surface area contributed by atoms with E-state index in [2.05, 4.69) is 5.32 Å². The topological polar surface area (TPSA) is 103 Å². The van der Waals surface area contributed by atoms with Gasteiger partial charge in [0, 0.05) is 55.3 Å². The Balaban J connectivity index is 1.62. The monoisotopic (exact) mass is 530 g/mol. The van der Waals surface area contributed by atoms with Crippen LogP contribution in [0.5, 0.6) is 0 Å². The van der Waals surface area contributed by atoms with Crippen molar-refractivity contribution in [3.05, 3.63) is 70.5 Å². The molecule has 202 valence electrons. The zero-order valence-corrected chi connectivity index (χ0v) is 21.4. The molecule has 2 aromatic carbocycles. The van der Waals surface area contributed by atoms with E-state index in [0.29, 0.717) is 23.3 Å². The van der Waals surface area contributed by atoms with E-state index in [1.165, 1.54) is 4.90 Å². The first kappa shape index (κ1) is 28.5. The van der Waals surface area contributed by atoms with Gasteiger partial charge in [0.1, 0.15) is 11.9 Å². The van der Waals surface area contributed by atoms with Crippen molar-refractivity contribution in [3.63, 3.8) is 0 Å². The highest BCUT2D eigenvalue weighted by Gasteiger charge is 2.28. The second-order valence-corrected chi connectivity index (χ2v) is 9.96. The van der Waals surface area contributed by atoms with Crippen molar-refractivity contribution in [1.82, 2.24) is 15.1 Å². The number of alkyl carbamates (subject to hydrolysis) is 1. The number of nitrogens with zero attached hydrogens (tertiary/aromatic N) is 3. The fraction of sp³-hybridized carbons (Fsp3) is 0.407. The molecule has 1 heterocycles. The largest absolute Gasteiger partial charge is 0.441 e. The fourth-order valence-electron chi connectivity index (χ4n) is 3.97. The number of hydrogen-bond donors (Lipinski definition) is 1. The van der Waals surface area contributed by atoms with Crippen LogP contribution in [0.1, 0.15) is 61.2 Å². The predicted octanol–water partition coefficient (Wildman–Crippen LogP) is 4.31. The second kappa shape index (κ2) is 12.0. The fourth-order valence-corrected chi connectivity index (χ4v) is 3.97. The quantitative estimate of drug-likeness (QED) is 0.561. The van der Waals surface area contributed by atoms with Crippen LogP contribution in [0.4, 0.5) is 18.0 Å². The SMILES string of the molecule is CC(C)(C)NC(=O)OC(CCC(=O)N1CCN(C(=O)c2ccc(C#N)cc2)CC1)c1cc(F)c(F)cc1F. The van der Waals surface area contributed by atoms with Crippen molar-refractivity contribution < 1.29 is 32.3 Å². The average Bonchev–Trinajstić information content (AvgIpc) is 2.87. The van der Waals surface area contributed by atoms with Gasteiger partial charge >= 0.3 is 6.09 Å². The first-order valence-corrected chi connectivity index (χ1v) is 12.1. The molecule has 3 rings (SSSR count). The van der Waals surface area contributed by atoms with E-state index in [4.69, 9.17) is 10.00 Å². The Labute approximate surface area is 219 Å². The van der Waals surface area contributed by atoms with Crippen LogP contribution in [-0.2, 0) is 9.53 Å². The maximum atomic E-state index is 14.5. The first-order chi connectivity index (χ1) is 17.9. The summed E-state index contributed by atoms with van der Waals surface area (Å²) in [4.78, 5) is 41.1. The average molecular weight is 531 g/mol. The van der Waals surface area contributed by atoms with Crippen LogP contribution < -0.4 is 5.32 Å². The number of nitriles is 1. The van der Waals surface area contributed by atoms with Gasteiger partial charge in [-0.15, -0.1) is 0 Å². The van der Waals surface area contributed by atoms with Gasteiger partial charge in [0.15, 0.2) is 11.6 Å². The van der Waals surface area contributed by atoms with E-state index < -0.39 is 35.2 Å². The molecule has 11 heteroatoms. The molecule has 1 unspecified atom stereocenters. The highest BCUT2D eigenvalue weighted by Crippen LogP contribution is 2.28. The lowest BCUT2D eigenvalue weighted by Crippen LogP contribution is -2.50. The molecule has 1 aliphatic heterocycles. The van der Waals surface area contributed by atoms with Crippen LogP contribution in [0, 0.1) is 28.8 Å². The van der Waals surface area contributed by atoms with Crippen LogP contribution >= 0.6 is 0 Å². The summed E-state index contributed by atoms with van der Waals surface area (Å²) in [5.74, 6) is -4.31. The molecule has 0 bridgehead atoms. The molecule has 0 saturated carbocycles. The van der Waals surface area contributed by atoms with Crippen LogP contribution in [-0.4, -0.2) is 59.4 Å². The molecule has 1 fully saturated rings. The second-order valence-electron chi connectivity index (χ2n) is 9.96. The predicted molar refractivity (Wildman–Crippen MR) is 131 cm³/mol. The van der Waals surface area contributed by atoms with Gasteiger partial charge in [-0.1, -0.05) is 0 Å². The van der Waals surface area contributed by atoms with Gasteiger partial charge in [-0.2, -0.15) is 5.26 Å². The van der Waals surface area contributed by atoms with E-state index in [1.807, 2.05) is 6.07 Å². The molecule has 0 spiro atoms. The minimum atomic E-state index is -1.38. The van der Waals surface area contributed by atoms with Gasteiger partial charge in [0.05, 0.1) is 11.6 Å². The Bertz CT molecular complexity index is 1230. The summed E-state index contributed by atoms with van der Waals surface area (Å²) in [7, 11) is 0. The number of piperazine rings is 1. The smallest absolute Gasteiger partial charge is 0.408 e. The van der Waals surface area contributed by atoms with Gasteiger partial charge in [-0.05, 0) is 57.5 Å². The van der Waals surface area contributed by atoms with Crippen molar-refractivity contribution in [2.45, 2.75) is 45.3 Å². The normalized spacial score (nSPS) is 14.4. The lowest BCUT2D eigenvalue weighted by Gasteiger charge is -2.35. The van der Waals surface area contributed by atoms with E-state index in [1.54, 1.807) is 49.9 Å². The van der Waals surface area contributed by atoms with Gasteiger partial charge < -0.3 is 19.9 Å². The third-order valence-corrected chi connectivity index (χ3v) is 5.91. The summed E-state index contributed by atoms with van der Waals surface area (Å²) >= 11 is 0. The molecule has 1 aliphatic rings. The van der Waals surface area contributed by atoms with Gasteiger partial charge in [-0.25, -0.2) is 18.0 Å². The van der Waals surface area contributed by atoms with E-state index >= 15 is 0 Å². The standard InChI is InChI=1S/C27H29F3N4O4/c1-27(2,3)32-26(37)38-23(19-14-21(29)22(30)15-20(19)28)8-9-24(35)33-10-12-34(13-11-33)25(36)18-6-4-17(16-31)5-7-18/h4-7,14-15,23H,8-13H2,1-3H3,(H,32,37). The number of hydrogen-bond acceptors (Lipinski definition) is 5. The molecular formula is C27H29F3N4O4. The third-order valence-electron chi connectivity index (χ3n) is 5.91. The maximum absolute atomic E-state index is 14.5. The minimum Gasteiger partial charge on any atom is -0.441 e. The lowest BCUT2D eigenvalue weighted by molar-refractivity contribution is -0.133. The zero-order valence-electron chi connectivity index (χ0n) is 21.4. The molecule has 38 heavy (non-hydrogen) atoms. The molecule has 0 radical (unpaired) electrons. The van der Waals surface area contributed by atoms with Gasteiger partial charge in [-0.3, -0.25) is 9.59 Å². The Hall–Kier alpha value is -4.07. The number of halogens is 3. The Morgan fingerprint density at radius 3 is 2.13 bits per heavy atom. The molecule has 1 saturated heterocycles. The summed E-state index contributed by atoms with van der Waals surface area (Å²) in [6.45, 7) is 6.21. The summed E-state index contributed by atoms with van der Waals surface area (Å²) in [5.41, 5.74) is -0.165. The van der Waals surface area contributed by atoms with Crippen LogP contribution in [0.15, 0.2) is 36.4 Å². The number of nitrogens with one attached hydrogen (secondary N) is 1. The Morgan fingerprint density at radius 1 is 0.974 bits per heavy atom. The molecule has 8 nitrogen and oxygen atoms in total. The number of benzene rings is 2. The summed E-state index contributed by atoms with van der Waals surface area (Å²) < 4.78 is 47.1. The first-order valence-electron chi connectivity index (χ1n) is 12.1. The number of rotatable bonds is 6. The summed E-state index contributed by atoms with van der Waals surface area (Å²) in [5, 5.41) is 11.5. The maximum Gasteiger partial charge on any atom is 0.408 e. The summed E-state index contributed by atoms with van der Waals surface area (Å²) in [6, 6.07) is 9.25. The van der Waals surface area contributed by atoms with Crippen molar-refractivity contribution in [3.8, 4) is 6.07 Å². The third kappa shape index (κ3) is 7.47. The van der Waals surface area contributed by atoms with Crippen molar-refractivity contribution in [2.24, 2.45) is 0 Å². The lowest BCUT2D eigenvalue weighted by atomic mass is 10.0. The van der Waals surface area contributed by atoms with E-state index in [0.717, 1.165) is 0 Å². The van der Waals surface area contributed by atoms with Crippen molar-refractivity contribution in [1.29, 1.82) is 5.26 Å². The van der Waals surface area contributed by atoms with Crippen LogP contribution in [0.2, 0.25) is 0 Å². The molecule has 0 aromatic heterocycles. The molecular weight excluding hydrogens is 501 g/mol. The highest BCUT2D eigenvalue weighted by atomic mass is 19.2. The number of ether oxygens (including phenoxy) is 1. The molecule has 0 aliphatic carbocycles.